The zero-order valence-electron chi connectivity index (χ0n) is 36.2. The van der Waals surface area contributed by atoms with E-state index in [9.17, 15) is 0 Å². The quantitative estimate of drug-likeness (QED) is 0.158. The molecule has 10 rings (SSSR count). The first kappa shape index (κ1) is 40.1. The van der Waals surface area contributed by atoms with Crippen molar-refractivity contribution in [2.24, 2.45) is 25.9 Å². The predicted octanol–water partition coefficient (Wildman–Crippen LogP) is 13.9. The van der Waals surface area contributed by atoms with Crippen molar-refractivity contribution in [1.82, 2.24) is 5.32 Å². The Labute approximate surface area is 372 Å². The lowest BCUT2D eigenvalue weighted by molar-refractivity contribution is 0.703. The Morgan fingerprint density at radius 1 is 0.603 bits per heavy atom. The molecule has 0 spiro atoms. The lowest BCUT2D eigenvalue weighted by atomic mass is 9.84. The van der Waals surface area contributed by atoms with Crippen LogP contribution in [0.2, 0.25) is 0 Å². The molecule has 0 amide bonds. The van der Waals surface area contributed by atoms with E-state index in [1.807, 2.05) is 6.07 Å². The van der Waals surface area contributed by atoms with E-state index in [1.54, 1.807) is 0 Å². The number of benzene rings is 5. The van der Waals surface area contributed by atoms with Crippen LogP contribution in [0, 0.1) is 12.8 Å². The molecule has 5 aromatic rings. The third kappa shape index (κ3) is 9.01. The molecule has 3 aliphatic carbocycles. The van der Waals surface area contributed by atoms with Crippen LogP contribution in [0.4, 0.5) is 0 Å². The molecular weight excluding hydrogens is 767 g/mol. The van der Waals surface area contributed by atoms with Crippen molar-refractivity contribution >= 4 is 34.5 Å². The highest BCUT2D eigenvalue weighted by Gasteiger charge is 2.25. The summed E-state index contributed by atoms with van der Waals surface area (Å²) in [6.07, 6.45) is 25.4. The molecule has 0 bridgehead atoms. The second kappa shape index (κ2) is 18.2. The fourth-order valence-corrected chi connectivity index (χ4v) is 9.18. The number of aliphatic imine (C=N–C) groups is 4. The predicted molar refractivity (Wildman–Crippen MR) is 264 cm³/mol. The van der Waals surface area contributed by atoms with Gasteiger partial charge in [0.1, 0.15) is 11.7 Å². The van der Waals surface area contributed by atoms with Gasteiger partial charge in [-0.1, -0.05) is 165 Å². The minimum absolute atomic E-state index is 0.213. The van der Waals surface area contributed by atoms with Gasteiger partial charge in [-0.15, -0.1) is 0 Å². The molecule has 0 fully saturated rings. The zero-order valence-corrected chi connectivity index (χ0v) is 36.2. The minimum Gasteiger partial charge on any atom is -0.325 e. The van der Waals surface area contributed by atoms with Crippen LogP contribution in [0.1, 0.15) is 103 Å². The Balaban J connectivity index is 0.968. The van der Waals surface area contributed by atoms with Crippen molar-refractivity contribution in [1.29, 1.82) is 0 Å². The van der Waals surface area contributed by atoms with Crippen molar-refractivity contribution in [3.05, 3.63) is 226 Å². The number of aryl methyl sites for hydroxylation is 1. The third-order valence-electron chi connectivity index (χ3n) is 12.8. The number of rotatable bonds is 9. The van der Waals surface area contributed by atoms with E-state index < -0.39 is 0 Å². The fraction of sp³-hybridized carbons (Fsp3) is 0.207. The van der Waals surface area contributed by atoms with Crippen molar-refractivity contribution in [3.63, 3.8) is 0 Å². The summed E-state index contributed by atoms with van der Waals surface area (Å²) in [6.45, 7) is 4.49. The molecule has 0 saturated heterocycles. The summed E-state index contributed by atoms with van der Waals surface area (Å²) in [5.41, 5.74) is 16.0. The summed E-state index contributed by atoms with van der Waals surface area (Å²) in [6, 6.07) is 45.3. The van der Waals surface area contributed by atoms with Gasteiger partial charge in [0, 0.05) is 23.5 Å². The van der Waals surface area contributed by atoms with E-state index in [4.69, 9.17) is 20.0 Å². The number of hydrogen-bond acceptors (Lipinski definition) is 5. The van der Waals surface area contributed by atoms with E-state index in [1.165, 1.54) is 46.2 Å². The lowest BCUT2D eigenvalue weighted by Crippen LogP contribution is -2.37. The zero-order chi connectivity index (χ0) is 42.5. The summed E-state index contributed by atoms with van der Waals surface area (Å²) < 4.78 is 0. The molecule has 3 atom stereocenters. The van der Waals surface area contributed by atoms with Crippen LogP contribution in [0.15, 0.2) is 207 Å². The van der Waals surface area contributed by atoms with Gasteiger partial charge in [0.25, 0.3) is 0 Å². The van der Waals surface area contributed by atoms with Crippen LogP contribution in [0.25, 0.3) is 22.4 Å². The Hall–Kier alpha value is -6.98. The summed E-state index contributed by atoms with van der Waals surface area (Å²) in [7, 11) is 0. The number of amidine groups is 3. The van der Waals surface area contributed by atoms with Gasteiger partial charge in [-0.05, 0) is 125 Å². The second-order valence-corrected chi connectivity index (χ2v) is 17.3. The van der Waals surface area contributed by atoms with E-state index in [2.05, 4.69) is 189 Å². The third-order valence-corrected chi connectivity index (χ3v) is 12.8. The van der Waals surface area contributed by atoms with E-state index in [0.29, 0.717) is 12.3 Å². The summed E-state index contributed by atoms with van der Waals surface area (Å²) in [5, 5.41) is 3.65. The standard InChI is InChI=1S/C58H53N5/c1-39-27-30-44(31-28-39)56-61-55(43-19-10-5-11-20-43)62-58(63-56)51-26-14-23-47(37-51)46-22-12-24-48(35-46)52-38-49(32-29-40(52)2)54-34-33-53(42-17-8-4-9-18-42)59-57(60-54)50-25-13-21-45(36-50)41-15-6-3-7-16-41/h3-4,6-9,12-19,21-23,25-27,29-33,35-39,48,58H,5,10-11,20,24,28,34H2,1-2H3,(H,61,62,63). The molecule has 5 aliphatic rings. The van der Waals surface area contributed by atoms with Crippen LogP contribution < -0.4 is 5.32 Å². The fourth-order valence-electron chi connectivity index (χ4n) is 9.18. The van der Waals surface area contributed by atoms with Crippen LogP contribution >= 0.6 is 0 Å². The number of nitrogens with one attached hydrogen (secondary N) is 1. The minimum atomic E-state index is -0.318. The Morgan fingerprint density at radius 2 is 1.38 bits per heavy atom. The molecule has 3 unspecified atom stereocenters. The number of nitrogens with zero attached hydrogens (tertiary/aromatic N) is 4. The molecular formula is C58H53N5. The van der Waals surface area contributed by atoms with Gasteiger partial charge in [-0.2, -0.15) is 0 Å². The maximum Gasteiger partial charge on any atom is 0.169 e. The first-order valence-electron chi connectivity index (χ1n) is 22.7. The molecule has 0 aromatic heterocycles. The van der Waals surface area contributed by atoms with E-state index >= 15 is 0 Å². The molecule has 310 valence electrons. The van der Waals surface area contributed by atoms with Gasteiger partial charge in [-0.25, -0.2) is 20.0 Å². The van der Waals surface area contributed by atoms with Gasteiger partial charge in [0.2, 0.25) is 0 Å². The van der Waals surface area contributed by atoms with Gasteiger partial charge >= 0.3 is 0 Å². The molecule has 2 aliphatic heterocycles. The SMILES string of the molecule is Cc1ccc(C2=NC(c3cccc(-c4ccccc4)c3)=NC(c3ccccc3)=CC2)cc1C1C=C(c2cccc(C3N=C(C4=CCC(C)C=C4)NC(C4=CCCCC4)=N3)c2)C=CC1. The maximum absolute atomic E-state index is 5.38. The van der Waals surface area contributed by atoms with Crippen molar-refractivity contribution in [3.8, 4) is 11.1 Å². The monoisotopic (exact) mass is 819 g/mol. The molecule has 0 saturated carbocycles. The van der Waals surface area contributed by atoms with Crippen molar-refractivity contribution in [2.75, 3.05) is 0 Å². The smallest absolute Gasteiger partial charge is 0.169 e. The number of allylic oxidation sites excluding steroid dienone is 8. The largest absolute Gasteiger partial charge is 0.325 e. The summed E-state index contributed by atoms with van der Waals surface area (Å²) in [4.78, 5) is 21.1. The van der Waals surface area contributed by atoms with Gasteiger partial charge in [0.05, 0.1) is 11.4 Å². The lowest BCUT2D eigenvalue weighted by Gasteiger charge is -2.26. The van der Waals surface area contributed by atoms with E-state index in [-0.39, 0.29) is 12.1 Å². The highest BCUT2D eigenvalue weighted by atomic mass is 15.2. The van der Waals surface area contributed by atoms with Crippen molar-refractivity contribution in [2.45, 2.75) is 70.9 Å². The Morgan fingerprint density at radius 3 is 2.19 bits per heavy atom. The summed E-state index contributed by atoms with van der Waals surface area (Å²) in [5.74, 6) is 3.36. The normalized spacial score (nSPS) is 21.0. The van der Waals surface area contributed by atoms with Crippen LogP contribution in [-0.4, -0.2) is 23.2 Å². The molecule has 5 nitrogen and oxygen atoms in total. The maximum atomic E-state index is 5.38. The molecule has 63 heavy (non-hydrogen) atoms. The Bertz CT molecular complexity index is 2860. The first-order chi connectivity index (χ1) is 31.0. The molecule has 5 aromatic carbocycles. The number of hydrogen-bond donors (Lipinski definition) is 1. The molecule has 0 radical (unpaired) electrons. The van der Waals surface area contributed by atoms with Gasteiger partial charge in [-0.3, -0.25) is 0 Å². The van der Waals surface area contributed by atoms with Crippen LogP contribution in [0.3, 0.4) is 0 Å². The summed E-state index contributed by atoms with van der Waals surface area (Å²) >= 11 is 0. The first-order valence-corrected chi connectivity index (χ1v) is 22.7. The van der Waals surface area contributed by atoms with Gasteiger partial charge in [0.15, 0.2) is 12.0 Å². The average Bonchev–Trinajstić information content (AvgIpc) is 3.59. The topological polar surface area (TPSA) is 61.5 Å². The van der Waals surface area contributed by atoms with E-state index in [0.717, 1.165) is 88.0 Å². The Kier molecular flexibility index (Phi) is 11.6. The molecule has 1 N–H and O–H groups in total. The second-order valence-electron chi connectivity index (χ2n) is 17.3. The van der Waals surface area contributed by atoms with Crippen LogP contribution in [0.5, 0.6) is 0 Å². The average molecular weight is 820 g/mol. The molecule has 2 heterocycles. The van der Waals surface area contributed by atoms with Gasteiger partial charge < -0.3 is 5.32 Å². The van der Waals surface area contributed by atoms with Crippen molar-refractivity contribution < 1.29 is 0 Å². The highest BCUT2D eigenvalue weighted by molar-refractivity contribution is 6.17. The molecule has 5 heteroatoms. The highest BCUT2D eigenvalue weighted by Crippen LogP contribution is 2.36. The van der Waals surface area contributed by atoms with Crippen LogP contribution in [-0.2, 0) is 0 Å².